The summed E-state index contributed by atoms with van der Waals surface area (Å²) in [4.78, 5) is 21.3. The van der Waals surface area contributed by atoms with Crippen LogP contribution in [0.5, 0.6) is 0 Å². The Morgan fingerprint density at radius 2 is 1.67 bits per heavy atom. The van der Waals surface area contributed by atoms with Gasteiger partial charge < -0.3 is 10.2 Å². The van der Waals surface area contributed by atoms with Gasteiger partial charge in [-0.05, 0) is 26.7 Å². The lowest BCUT2D eigenvalue weighted by atomic mass is 9.87. The largest absolute Gasteiger partial charge is 0.481 e. The molecular formula is C9H14Br2O4. The van der Waals surface area contributed by atoms with Crippen molar-refractivity contribution in [2.45, 2.75) is 36.3 Å². The highest BCUT2D eigenvalue weighted by molar-refractivity contribution is 9.25. The van der Waals surface area contributed by atoms with Gasteiger partial charge in [-0.2, -0.15) is 0 Å². The predicted octanol–water partition coefficient (Wildman–Crippen LogP) is 2.84. The van der Waals surface area contributed by atoms with Crippen molar-refractivity contribution in [3.63, 3.8) is 0 Å². The highest BCUT2D eigenvalue weighted by Gasteiger charge is 2.46. The van der Waals surface area contributed by atoms with Crippen molar-refractivity contribution in [3.05, 3.63) is 0 Å². The molecule has 0 saturated heterocycles. The van der Waals surface area contributed by atoms with Gasteiger partial charge >= 0.3 is 11.9 Å². The minimum atomic E-state index is -1.01. The van der Waals surface area contributed by atoms with Gasteiger partial charge in [-0.15, -0.1) is 0 Å². The monoisotopic (exact) mass is 344 g/mol. The van der Waals surface area contributed by atoms with E-state index in [0.717, 1.165) is 0 Å². The Kier molecular flexibility index (Phi) is 5.26. The second-order valence-corrected chi connectivity index (χ2v) is 7.65. The van der Waals surface area contributed by atoms with Gasteiger partial charge in [0.2, 0.25) is 0 Å². The van der Waals surface area contributed by atoms with E-state index in [9.17, 15) is 9.59 Å². The first-order chi connectivity index (χ1) is 6.61. The second-order valence-electron chi connectivity index (χ2n) is 3.88. The molecule has 0 atom stereocenters. The lowest BCUT2D eigenvalue weighted by Gasteiger charge is -2.34. The highest BCUT2D eigenvalue weighted by atomic mass is 79.9. The van der Waals surface area contributed by atoms with Crippen LogP contribution in [0.2, 0.25) is 0 Å². The third-order valence-corrected chi connectivity index (χ3v) is 5.11. The molecule has 0 radical (unpaired) electrons. The molecule has 0 bridgehead atoms. The Hall–Kier alpha value is -0.100. The maximum absolute atomic E-state index is 11.0. The lowest BCUT2D eigenvalue weighted by Crippen LogP contribution is -2.40. The van der Waals surface area contributed by atoms with E-state index in [0.29, 0.717) is 12.8 Å². The smallest absolute Gasteiger partial charge is 0.311 e. The number of rotatable bonds is 6. The summed E-state index contributed by atoms with van der Waals surface area (Å²) in [5.41, 5.74) is -1.01. The molecule has 0 heterocycles. The number of halogens is 2. The normalized spacial score (nSPS) is 12.5. The first-order valence-electron chi connectivity index (χ1n) is 4.44. The Balaban J connectivity index is 4.41. The number of alkyl halides is 2. The first-order valence-corrected chi connectivity index (χ1v) is 6.03. The van der Waals surface area contributed by atoms with Crippen molar-refractivity contribution in [2.24, 2.45) is 5.41 Å². The van der Waals surface area contributed by atoms with Crippen molar-refractivity contribution < 1.29 is 19.8 Å². The summed E-state index contributed by atoms with van der Waals surface area (Å²) in [7, 11) is 0. The summed E-state index contributed by atoms with van der Waals surface area (Å²) in [6.45, 7) is 3.17. The summed E-state index contributed by atoms with van der Waals surface area (Å²) < 4.78 is -0.783. The molecule has 2 N–H and O–H groups in total. The van der Waals surface area contributed by atoms with Crippen molar-refractivity contribution >= 4 is 43.8 Å². The van der Waals surface area contributed by atoms with Crippen LogP contribution in [-0.4, -0.2) is 25.4 Å². The fraction of sp³-hybridized carbons (Fsp3) is 0.778. The maximum Gasteiger partial charge on any atom is 0.311 e. The molecule has 0 aromatic heterocycles. The Labute approximate surface area is 105 Å². The van der Waals surface area contributed by atoms with Gasteiger partial charge in [0, 0.05) is 6.42 Å². The van der Waals surface area contributed by atoms with Gasteiger partial charge in [0.25, 0.3) is 0 Å². The van der Waals surface area contributed by atoms with E-state index in [2.05, 4.69) is 31.9 Å². The zero-order chi connectivity index (χ0) is 12.3. The molecule has 0 aromatic carbocycles. The predicted molar refractivity (Wildman–Crippen MR) is 63.5 cm³/mol. The first kappa shape index (κ1) is 14.9. The molecule has 0 saturated carbocycles. The van der Waals surface area contributed by atoms with E-state index in [1.807, 2.05) is 0 Å². The molecule has 4 nitrogen and oxygen atoms in total. The molecular weight excluding hydrogens is 332 g/mol. The van der Waals surface area contributed by atoms with Crippen LogP contribution in [-0.2, 0) is 9.59 Å². The fourth-order valence-corrected chi connectivity index (χ4v) is 1.83. The van der Waals surface area contributed by atoms with Gasteiger partial charge in [0.05, 0.1) is 8.65 Å². The van der Waals surface area contributed by atoms with Gasteiger partial charge in [-0.1, -0.05) is 31.9 Å². The van der Waals surface area contributed by atoms with Gasteiger partial charge in [-0.3, -0.25) is 9.59 Å². The van der Waals surface area contributed by atoms with E-state index in [1.165, 1.54) is 0 Å². The van der Waals surface area contributed by atoms with Gasteiger partial charge in [0.15, 0.2) is 0 Å². The van der Waals surface area contributed by atoms with Crippen LogP contribution >= 0.6 is 31.9 Å². The van der Waals surface area contributed by atoms with E-state index in [1.54, 1.807) is 13.8 Å². The van der Waals surface area contributed by atoms with Crippen molar-refractivity contribution in [2.75, 3.05) is 0 Å². The Morgan fingerprint density at radius 3 is 2.00 bits per heavy atom. The summed E-state index contributed by atoms with van der Waals surface area (Å²) in [5.74, 6) is -1.81. The third kappa shape index (κ3) is 4.10. The van der Waals surface area contributed by atoms with Crippen LogP contribution in [0.15, 0.2) is 0 Å². The van der Waals surface area contributed by atoms with Crippen LogP contribution in [0, 0.1) is 5.41 Å². The minimum Gasteiger partial charge on any atom is -0.481 e. The molecule has 0 unspecified atom stereocenters. The zero-order valence-corrected chi connectivity index (χ0v) is 11.8. The summed E-state index contributed by atoms with van der Waals surface area (Å²) in [5, 5.41) is 17.5. The molecule has 88 valence electrons. The van der Waals surface area contributed by atoms with Crippen LogP contribution in [0.25, 0.3) is 0 Å². The van der Waals surface area contributed by atoms with Crippen molar-refractivity contribution in [1.29, 1.82) is 0 Å². The zero-order valence-electron chi connectivity index (χ0n) is 8.59. The molecule has 0 aromatic rings. The quantitative estimate of drug-likeness (QED) is 0.726. The van der Waals surface area contributed by atoms with Crippen LogP contribution in [0.1, 0.15) is 33.1 Å². The molecule has 0 fully saturated rings. The molecule has 0 amide bonds. The summed E-state index contributed by atoms with van der Waals surface area (Å²) >= 11 is 6.59. The number of hydrogen-bond donors (Lipinski definition) is 2. The minimum absolute atomic E-state index is 0.0364. The number of hydrogen-bond acceptors (Lipinski definition) is 2. The SMILES string of the molecule is CC(C)(C(=O)O)C(Br)(Br)CCCC(=O)O. The topological polar surface area (TPSA) is 74.6 Å². The second kappa shape index (κ2) is 5.30. The molecule has 0 spiro atoms. The van der Waals surface area contributed by atoms with Gasteiger partial charge in [-0.25, -0.2) is 0 Å². The molecule has 0 rings (SSSR count). The number of aliphatic carboxylic acids is 2. The van der Waals surface area contributed by atoms with Crippen molar-refractivity contribution in [3.8, 4) is 0 Å². The molecule has 15 heavy (non-hydrogen) atoms. The van der Waals surface area contributed by atoms with E-state index >= 15 is 0 Å². The lowest BCUT2D eigenvalue weighted by molar-refractivity contribution is -0.147. The van der Waals surface area contributed by atoms with Crippen LogP contribution in [0.4, 0.5) is 0 Å². The average Bonchev–Trinajstić information content (AvgIpc) is 2.02. The fourth-order valence-electron chi connectivity index (χ4n) is 0.931. The number of carboxylic acids is 2. The van der Waals surface area contributed by atoms with E-state index < -0.39 is 20.6 Å². The number of carbonyl (C=O) groups is 2. The average molecular weight is 346 g/mol. The summed E-state index contributed by atoms with van der Waals surface area (Å²) in [6, 6.07) is 0. The molecule has 0 aliphatic rings. The summed E-state index contributed by atoms with van der Waals surface area (Å²) in [6.07, 6.45) is 0.885. The molecule has 0 aliphatic carbocycles. The molecule has 0 aliphatic heterocycles. The maximum atomic E-state index is 11.0. The van der Waals surface area contributed by atoms with E-state index in [-0.39, 0.29) is 6.42 Å². The standard InChI is InChI=1S/C9H14Br2O4/c1-8(2,7(14)15)9(10,11)5-3-4-6(12)13/h3-5H2,1-2H3,(H,12,13)(H,14,15). The van der Waals surface area contributed by atoms with Crippen molar-refractivity contribution in [1.82, 2.24) is 0 Å². The Morgan fingerprint density at radius 1 is 1.20 bits per heavy atom. The van der Waals surface area contributed by atoms with Crippen LogP contribution in [0.3, 0.4) is 0 Å². The Bertz CT molecular complexity index is 261. The number of carboxylic acid groups (broad SMARTS) is 2. The van der Waals surface area contributed by atoms with E-state index in [4.69, 9.17) is 10.2 Å². The third-order valence-electron chi connectivity index (χ3n) is 2.33. The van der Waals surface area contributed by atoms with Gasteiger partial charge in [0.1, 0.15) is 0 Å². The molecule has 6 heteroatoms. The highest BCUT2D eigenvalue weighted by Crippen LogP contribution is 2.47. The van der Waals surface area contributed by atoms with Crippen LogP contribution < -0.4 is 0 Å².